The van der Waals surface area contributed by atoms with Gasteiger partial charge in [0.2, 0.25) is 0 Å². The fraction of sp³-hybridized carbons (Fsp3) is 0.467. The summed E-state index contributed by atoms with van der Waals surface area (Å²) in [4.78, 5) is 16.6. The Hall–Kier alpha value is -1.35. The molecule has 1 radical (unpaired) electrons. The van der Waals surface area contributed by atoms with Crippen molar-refractivity contribution in [3.63, 3.8) is 0 Å². The Labute approximate surface area is 109 Å². The molecule has 0 unspecified atom stereocenters. The Balaban J connectivity index is 1.88. The molecule has 0 bridgehead atoms. The lowest BCUT2D eigenvalue weighted by Crippen LogP contribution is -2.49. The predicted octanol–water partition coefficient (Wildman–Crippen LogP) is 2.06. The van der Waals surface area contributed by atoms with Gasteiger partial charge in [-0.3, -0.25) is 9.69 Å². The van der Waals surface area contributed by atoms with Crippen LogP contribution in [0.25, 0.3) is 0 Å². The highest BCUT2D eigenvalue weighted by Crippen LogP contribution is 2.10. The van der Waals surface area contributed by atoms with Crippen LogP contribution in [0.4, 0.5) is 0 Å². The van der Waals surface area contributed by atoms with Gasteiger partial charge < -0.3 is 4.90 Å². The van der Waals surface area contributed by atoms with E-state index in [4.69, 9.17) is 0 Å². The van der Waals surface area contributed by atoms with Crippen LogP contribution in [-0.2, 0) is 0 Å². The number of rotatable bonds is 3. The number of hydrogen-bond acceptors (Lipinski definition) is 2. The van der Waals surface area contributed by atoms with E-state index >= 15 is 0 Å². The zero-order chi connectivity index (χ0) is 13.0. The Morgan fingerprint density at radius 2 is 1.67 bits per heavy atom. The highest BCUT2D eigenvalue weighted by molar-refractivity contribution is 5.94. The smallest absolute Gasteiger partial charge is 0.253 e. The molecule has 2 rings (SSSR count). The molecule has 1 amide bonds. The number of amides is 1. The summed E-state index contributed by atoms with van der Waals surface area (Å²) >= 11 is 0. The van der Waals surface area contributed by atoms with Crippen LogP contribution >= 0.6 is 0 Å². The first kappa shape index (κ1) is 13.1. The van der Waals surface area contributed by atoms with Gasteiger partial charge >= 0.3 is 0 Å². The van der Waals surface area contributed by atoms with Gasteiger partial charge in [0.25, 0.3) is 5.91 Å². The number of carbonyl (C=O) groups excluding carboxylic acids is 1. The molecule has 18 heavy (non-hydrogen) atoms. The molecule has 0 aliphatic carbocycles. The van der Waals surface area contributed by atoms with Crippen molar-refractivity contribution in [2.45, 2.75) is 13.8 Å². The number of piperazine rings is 1. The van der Waals surface area contributed by atoms with Gasteiger partial charge in [-0.1, -0.05) is 32.0 Å². The molecule has 1 saturated heterocycles. The quantitative estimate of drug-likeness (QED) is 0.814. The molecule has 0 aromatic heterocycles. The highest BCUT2D eigenvalue weighted by Gasteiger charge is 2.22. The summed E-state index contributed by atoms with van der Waals surface area (Å²) in [7, 11) is 0. The normalized spacial score (nSPS) is 17.2. The lowest BCUT2D eigenvalue weighted by atomic mass is 10.1. The second-order valence-corrected chi connectivity index (χ2v) is 5.14. The average Bonchev–Trinajstić information content (AvgIpc) is 2.39. The van der Waals surface area contributed by atoms with E-state index in [9.17, 15) is 4.79 Å². The van der Waals surface area contributed by atoms with Crippen molar-refractivity contribution < 1.29 is 4.79 Å². The number of carbonyl (C=O) groups is 1. The van der Waals surface area contributed by atoms with Crippen molar-refractivity contribution in [1.29, 1.82) is 0 Å². The van der Waals surface area contributed by atoms with Gasteiger partial charge in [0.1, 0.15) is 0 Å². The van der Waals surface area contributed by atoms with E-state index in [0.29, 0.717) is 0 Å². The molecular formula is C15H21N2O. The molecule has 1 aliphatic heterocycles. The second-order valence-electron chi connectivity index (χ2n) is 5.14. The minimum absolute atomic E-state index is 0.160. The van der Waals surface area contributed by atoms with Crippen molar-refractivity contribution >= 4 is 5.91 Å². The summed E-state index contributed by atoms with van der Waals surface area (Å²) in [6, 6.07) is 9.55. The monoisotopic (exact) mass is 245 g/mol. The van der Waals surface area contributed by atoms with Crippen molar-refractivity contribution in [3.05, 3.63) is 41.8 Å². The molecule has 97 valence electrons. The van der Waals surface area contributed by atoms with Crippen molar-refractivity contribution in [1.82, 2.24) is 9.80 Å². The summed E-state index contributed by atoms with van der Waals surface area (Å²) in [5, 5.41) is 0. The predicted molar refractivity (Wildman–Crippen MR) is 73.4 cm³/mol. The van der Waals surface area contributed by atoms with Gasteiger partial charge in [-0.05, 0) is 18.1 Å². The van der Waals surface area contributed by atoms with Gasteiger partial charge in [-0.15, -0.1) is 0 Å². The summed E-state index contributed by atoms with van der Waals surface area (Å²) in [6.45, 7) is 8.98. The average molecular weight is 245 g/mol. The lowest BCUT2D eigenvalue weighted by Gasteiger charge is -2.35. The van der Waals surface area contributed by atoms with Gasteiger partial charge in [-0.2, -0.15) is 0 Å². The van der Waals surface area contributed by atoms with E-state index < -0.39 is 0 Å². The Morgan fingerprint density at radius 3 is 2.22 bits per heavy atom. The SMILES string of the molecule is C[C](C)CN1CCN(C(=O)c2ccccc2)CC1. The van der Waals surface area contributed by atoms with Gasteiger partial charge in [-0.25, -0.2) is 0 Å². The maximum atomic E-state index is 12.2. The molecule has 3 heteroatoms. The van der Waals surface area contributed by atoms with E-state index in [0.717, 1.165) is 38.3 Å². The van der Waals surface area contributed by atoms with Crippen molar-refractivity contribution in [2.75, 3.05) is 32.7 Å². The molecule has 0 N–H and O–H groups in total. The second kappa shape index (κ2) is 6.01. The van der Waals surface area contributed by atoms with Crippen LogP contribution in [0.15, 0.2) is 30.3 Å². The number of nitrogens with zero attached hydrogens (tertiary/aromatic N) is 2. The molecule has 0 atom stereocenters. The van der Waals surface area contributed by atoms with Crippen LogP contribution in [-0.4, -0.2) is 48.4 Å². The Morgan fingerprint density at radius 1 is 1.06 bits per heavy atom. The summed E-state index contributed by atoms with van der Waals surface area (Å²) in [5.41, 5.74) is 0.796. The summed E-state index contributed by atoms with van der Waals surface area (Å²) in [6.07, 6.45) is 0. The molecule has 0 saturated carbocycles. The highest BCUT2D eigenvalue weighted by atomic mass is 16.2. The van der Waals surface area contributed by atoms with E-state index in [2.05, 4.69) is 18.7 Å². The summed E-state index contributed by atoms with van der Waals surface area (Å²) in [5.74, 6) is 1.59. The van der Waals surface area contributed by atoms with Crippen molar-refractivity contribution in [3.8, 4) is 0 Å². The molecular weight excluding hydrogens is 224 g/mol. The molecule has 1 aromatic carbocycles. The first-order valence-electron chi connectivity index (χ1n) is 6.52. The maximum absolute atomic E-state index is 12.2. The van der Waals surface area contributed by atoms with Crippen LogP contribution in [0.2, 0.25) is 0 Å². The minimum Gasteiger partial charge on any atom is -0.336 e. The zero-order valence-corrected chi connectivity index (χ0v) is 11.2. The third kappa shape index (κ3) is 3.33. The number of benzene rings is 1. The molecule has 1 fully saturated rings. The molecule has 0 spiro atoms. The third-order valence-corrected chi connectivity index (χ3v) is 3.22. The number of hydrogen-bond donors (Lipinski definition) is 0. The van der Waals surface area contributed by atoms with Gasteiger partial charge in [0.05, 0.1) is 0 Å². The van der Waals surface area contributed by atoms with Crippen LogP contribution < -0.4 is 0 Å². The van der Waals surface area contributed by atoms with E-state index in [1.165, 1.54) is 5.92 Å². The van der Waals surface area contributed by atoms with Crippen LogP contribution in [0, 0.1) is 5.92 Å². The maximum Gasteiger partial charge on any atom is 0.253 e. The van der Waals surface area contributed by atoms with E-state index in [1.807, 2.05) is 35.2 Å². The largest absolute Gasteiger partial charge is 0.336 e. The standard InChI is InChI=1S/C15H21N2O/c1-13(2)12-16-8-10-17(11-9-16)15(18)14-6-4-3-5-7-14/h3-7H,8-12H2,1-2H3. The first-order valence-corrected chi connectivity index (χ1v) is 6.52. The fourth-order valence-electron chi connectivity index (χ4n) is 2.32. The topological polar surface area (TPSA) is 23.6 Å². The van der Waals surface area contributed by atoms with E-state index in [-0.39, 0.29) is 5.91 Å². The fourth-order valence-corrected chi connectivity index (χ4v) is 2.32. The van der Waals surface area contributed by atoms with Crippen LogP contribution in [0.1, 0.15) is 24.2 Å². The minimum atomic E-state index is 0.160. The summed E-state index contributed by atoms with van der Waals surface area (Å²) < 4.78 is 0. The Kier molecular flexibility index (Phi) is 4.37. The lowest BCUT2D eigenvalue weighted by molar-refractivity contribution is 0.0643. The van der Waals surface area contributed by atoms with Gasteiger partial charge in [0, 0.05) is 38.3 Å². The van der Waals surface area contributed by atoms with Gasteiger partial charge in [0.15, 0.2) is 0 Å². The molecule has 1 aliphatic rings. The molecule has 1 heterocycles. The third-order valence-electron chi connectivity index (χ3n) is 3.22. The molecule has 1 aromatic rings. The van der Waals surface area contributed by atoms with Crippen LogP contribution in [0.5, 0.6) is 0 Å². The Bertz CT molecular complexity index is 381. The van der Waals surface area contributed by atoms with Crippen LogP contribution in [0.3, 0.4) is 0 Å². The first-order chi connectivity index (χ1) is 8.66. The zero-order valence-electron chi connectivity index (χ0n) is 11.2. The molecule has 3 nitrogen and oxygen atoms in total. The van der Waals surface area contributed by atoms with Crippen molar-refractivity contribution in [2.24, 2.45) is 0 Å². The van der Waals surface area contributed by atoms with E-state index in [1.54, 1.807) is 0 Å².